The lowest BCUT2D eigenvalue weighted by Crippen LogP contribution is -2.70. The molecule has 360 valence electrons. The molecule has 0 aromatic carbocycles. The maximum atomic E-state index is 12.4. The lowest BCUT2D eigenvalue weighted by Gasteiger charge is -2.50. The molecule has 0 aliphatic carbocycles. The van der Waals surface area contributed by atoms with Crippen molar-refractivity contribution in [1.29, 1.82) is 0 Å². The summed E-state index contributed by atoms with van der Waals surface area (Å²) >= 11 is 0. The Morgan fingerprint density at radius 3 is 1.32 bits per heavy atom. The second-order valence-corrected chi connectivity index (χ2v) is 15.5. The summed E-state index contributed by atoms with van der Waals surface area (Å²) in [7, 11) is 0. The van der Waals surface area contributed by atoms with Gasteiger partial charge in [0.25, 0.3) is 0 Å². The third kappa shape index (κ3) is 11.0. The Kier molecular flexibility index (Phi) is 18.1. The Morgan fingerprint density at radius 1 is 0.419 bits per heavy atom. The zero-order valence-corrected chi connectivity index (χ0v) is 33.2. The number of hydrogen-bond acceptors (Lipinski definition) is 26. The molecule has 5 saturated heterocycles. The fourth-order valence-corrected chi connectivity index (χ4v) is 7.73. The molecule has 5 heterocycles. The van der Waals surface area contributed by atoms with Gasteiger partial charge < -0.3 is 130 Å². The number of ether oxygens (including phenoxy) is 9. The van der Waals surface area contributed by atoms with Crippen LogP contribution in [0.3, 0.4) is 0 Å². The summed E-state index contributed by atoms with van der Waals surface area (Å²) in [6.45, 7) is -2.26. The summed E-state index contributed by atoms with van der Waals surface area (Å²) < 4.78 is 50.7. The van der Waals surface area contributed by atoms with E-state index >= 15 is 0 Å². The fraction of sp³-hybridized carbons (Fsp3) is 0.941. The van der Waals surface area contributed by atoms with Crippen LogP contribution < -0.4 is 10.6 Å². The predicted molar refractivity (Wildman–Crippen MR) is 190 cm³/mol. The van der Waals surface area contributed by atoms with Crippen molar-refractivity contribution in [2.45, 2.75) is 167 Å². The maximum absolute atomic E-state index is 12.4. The SMILES string of the molecule is CC(=O)N[C@H]1[C@H](O[C@H]2[C@@H](O)[C@@H](CO)O[C@@H](O[C@H]3[C@H](O)[C@@H](NC(C)=O)[C@H](OC[C@H]4OC(O)[C@H](O)[C@@H](O)[C@H]4O)O[C@@H]3CO)[C@@H]2O)O[C@H](CO)[C@@H](O[C@@H]2O[C@H](CO)[C@H](O)[C@H](O)[C@H]2O)[C@@H]1O. The first-order valence-electron chi connectivity index (χ1n) is 19.6. The van der Waals surface area contributed by atoms with Gasteiger partial charge in [-0.3, -0.25) is 9.59 Å². The van der Waals surface area contributed by atoms with Gasteiger partial charge in [0.15, 0.2) is 31.5 Å². The Bertz CT molecular complexity index is 1440. The second-order valence-electron chi connectivity index (χ2n) is 15.5. The lowest BCUT2D eigenvalue weighted by molar-refractivity contribution is -0.378. The lowest BCUT2D eigenvalue weighted by atomic mass is 9.94. The summed E-state index contributed by atoms with van der Waals surface area (Å²) in [5.41, 5.74) is 0. The van der Waals surface area contributed by atoms with Gasteiger partial charge in [0.1, 0.15) is 122 Å². The van der Waals surface area contributed by atoms with Crippen molar-refractivity contribution in [3.63, 3.8) is 0 Å². The van der Waals surface area contributed by atoms with Crippen LogP contribution in [0, 0.1) is 0 Å². The smallest absolute Gasteiger partial charge is 0.217 e. The third-order valence-corrected chi connectivity index (χ3v) is 11.1. The van der Waals surface area contributed by atoms with Crippen molar-refractivity contribution in [3.8, 4) is 0 Å². The summed E-state index contributed by atoms with van der Waals surface area (Å²) in [6.07, 6.45) is -41.4. The van der Waals surface area contributed by atoms with E-state index in [1.165, 1.54) is 0 Å². The van der Waals surface area contributed by atoms with Crippen LogP contribution in [0.5, 0.6) is 0 Å². The van der Waals surface area contributed by atoms with Crippen LogP contribution in [-0.4, -0.2) is 275 Å². The highest BCUT2D eigenvalue weighted by molar-refractivity contribution is 5.73. The van der Waals surface area contributed by atoms with Crippen molar-refractivity contribution < 1.29 is 129 Å². The Morgan fingerprint density at radius 2 is 0.823 bits per heavy atom. The minimum atomic E-state index is -2.12. The molecule has 2 amide bonds. The molecular formula is C34H58N2O26. The van der Waals surface area contributed by atoms with Gasteiger partial charge >= 0.3 is 0 Å². The molecule has 17 N–H and O–H groups in total. The molecule has 62 heavy (non-hydrogen) atoms. The molecule has 0 aromatic heterocycles. The highest BCUT2D eigenvalue weighted by Crippen LogP contribution is 2.35. The zero-order chi connectivity index (χ0) is 45.9. The fourth-order valence-electron chi connectivity index (χ4n) is 7.73. The van der Waals surface area contributed by atoms with Crippen LogP contribution in [0.4, 0.5) is 0 Å². The Hall–Kier alpha value is -2.02. The number of nitrogens with one attached hydrogen (secondary N) is 2. The molecule has 0 radical (unpaired) electrons. The molecule has 5 fully saturated rings. The van der Waals surface area contributed by atoms with Gasteiger partial charge in [-0.25, -0.2) is 0 Å². The molecule has 5 aliphatic heterocycles. The van der Waals surface area contributed by atoms with E-state index in [9.17, 15) is 86.2 Å². The number of aliphatic hydroxyl groups excluding tert-OH is 15. The first-order chi connectivity index (χ1) is 29.3. The van der Waals surface area contributed by atoms with E-state index in [-0.39, 0.29) is 0 Å². The van der Waals surface area contributed by atoms with Gasteiger partial charge in [-0.15, -0.1) is 0 Å². The monoisotopic (exact) mass is 910 g/mol. The maximum Gasteiger partial charge on any atom is 0.217 e. The number of carbonyl (C=O) groups is 2. The molecule has 0 spiro atoms. The molecule has 0 bridgehead atoms. The van der Waals surface area contributed by atoms with E-state index in [1.807, 2.05) is 0 Å². The van der Waals surface area contributed by atoms with Gasteiger partial charge in [-0.2, -0.15) is 0 Å². The van der Waals surface area contributed by atoms with E-state index in [2.05, 4.69) is 10.6 Å². The molecule has 5 rings (SSSR count). The minimum Gasteiger partial charge on any atom is -0.394 e. The van der Waals surface area contributed by atoms with E-state index in [0.717, 1.165) is 13.8 Å². The van der Waals surface area contributed by atoms with Crippen LogP contribution in [0.2, 0.25) is 0 Å². The van der Waals surface area contributed by atoms with Crippen molar-refractivity contribution in [1.82, 2.24) is 10.6 Å². The minimum absolute atomic E-state index is 0.673. The molecule has 28 nitrogen and oxygen atoms in total. The Balaban J connectivity index is 1.34. The number of rotatable bonds is 15. The van der Waals surface area contributed by atoms with E-state index in [4.69, 9.17) is 42.6 Å². The first kappa shape index (κ1) is 51.0. The van der Waals surface area contributed by atoms with Gasteiger partial charge in [0.2, 0.25) is 11.8 Å². The molecule has 5 aliphatic rings. The van der Waals surface area contributed by atoms with E-state index < -0.39 is 198 Å². The van der Waals surface area contributed by atoms with Crippen molar-refractivity contribution >= 4 is 11.8 Å². The summed E-state index contributed by atoms with van der Waals surface area (Å²) in [4.78, 5) is 24.6. The van der Waals surface area contributed by atoms with Crippen LogP contribution in [0.25, 0.3) is 0 Å². The number of hydrogen-bond donors (Lipinski definition) is 17. The average molecular weight is 911 g/mol. The zero-order valence-electron chi connectivity index (χ0n) is 33.2. The second kappa shape index (κ2) is 22.0. The quantitative estimate of drug-likeness (QED) is 0.0725. The van der Waals surface area contributed by atoms with E-state index in [0.29, 0.717) is 0 Å². The topological polar surface area (TPSA) is 445 Å². The van der Waals surface area contributed by atoms with Crippen LogP contribution in [-0.2, 0) is 52.2 Å². The number of aliphatic hydroxyl groups is 15. The molecule has 25 atom stereocenters. The van der Waals surface area contributed by atoms with Gasteiger partial charge in [-0.05, 0) is 0 Å². The van der Waals surface area contributed by atoms with Crippen molar-refractivity contribution in [3.05, 3.63) is 0 Å². The normalized spacial score (nSPS) is 49.0. The highest BCUT2D eigenvalue weighted by Gasteiger charge is 2.56. The average Bonchev–Trinajstić information content (AvgIpc) is 3.23. The summed E-state index contributed by atoms with van der Waals surface area (Å²) in [6, 6.07) is -3.24. The summed E-state index contributed by atoms with van der Waals surface area (Å²) in [5.74, 6) is -1.54. The number of carbonyl (C=O) groups excluding carboxylic acids is 2. The first-order valence-corrected chi connectivity index (χ1v) is 19.6. The molecule has 0 saturated carbocycles. The molecule has 1 unspecified atom stereocenters. The summed E-state index contributed by atoms with van der Waals surface area (Å²) in [5, 5.41) is 162. The standard InChI is InChI=1S/C34H58N2O26/c1-8(41)35-15-20(46)27(12(5-39)58-31(15)54-7-14-18(44)22(48)24(50)30(53)55-14)61-34-26(52)29(19(45)11(4-38)57-34)62-32-16(36-9(2)42)21(47)28(13(6-40)59-32)60-33-25(51)23(49)17(43)10(3-37)56-33/h10-34,37-40,43-53H,3-7H2,1-2H3,(H,35,41)(H,36,42)/t10-,11-,12-,13-,14-,15-,16-,17+,18+,19+,20-,21-,22+,23+,24-,25-,26-,27-,28-,29+,30?,31-,32+,33+,34+/m1/s1. The Labute approximate surface area is 351 Å². The highest BCUT2D eigenvalue weighted by atomic mass is 16.8. The van der Waals surface area contributed by atoms with E-state index in [1.54, 1.807) is 0 Å². The molecule has 0 aromatic rings. The largest absolute Gasteiger partial charge is 0.394 e. The van der Waals surface area contributed by atoms with Gasteiger partial charge in [-0.1, -0.05) is 0 Å². The molecule has 28 heteroatoms. The van der Waals surface area contributed by atoms with Crippen LogP contribution in [0.1, 0.15) is 13.8 Å². The van der Waals surface area contributed by atoms with Gasteiger partial charge in [0, 0.05) is 13.8 Å². The van der Waals surface area contributed by atoms with Crippen LogP contribution in [0.15, 0.2) is 0 Å². The predicted octanol–water partition coefficient (Wildman–Crippen LogP) is -11.6. The van der Waals surface area contributed by atoms with Crippen molar-refractivity contribution in [2.75, 3.05) is 33.0 Å². The number of amides is 2. The van der Waals surface area contributed by atoms with Gasteiger partial charge in [0.05, 0.1) is 33.0 Å². The van der Waals surface area contributed by atoms with Crippen LogP contribution >= 0.6 is 0 Å². The third-order valence-electron chi connectivity index (χ3n) is 11.1. The molecular weight excluding hydrogens is 852 g/mol. The van der Waals surface area contributed by atoms with Crippen molar-refractivity contribution in [2.24, 2.45) is 0 Å².